The van der Waals surface area contributed by atoms with Crippen LogP contribution in [-0.2, 0) is 13.0 Å². The second-order valence-electron chi connectivity index (χ2n) is 6.30. The number of aliphatic hydroxyl groups excluding tert-OH is 1. The Bertz CT molecular complexity index is 739. The van der Waals surface area contributed by atoms with E-state index in [0.717, 1.165) is 36.3 Å². The van der Waals surface area contributed by atoms with Crippen LogP contribution in [0.1, 0.15) is 27.3 Å². The van der Waals surface area contributed by atoms with E-state index >= 15 is 0 Å². The molecule has 132 valence electrons. The highest BCUT2D eigenvalue weighted by atomic mass is 16.3. The van der Waals surface area contributed by atoms with Gasteiger partial charge in [-0.1, -0.05) is 42.5 Å². The molecule has 1 aromatic heterocycles. The van der Waals surface area contributed by atoms with Crippen LogP contribution in [0.15, 0.2) is 36.4 Å². The molecule has 1 aromatic carbocycles. The molecule has 0 unspecified atom stereocenters. The van der Waals surface area contributed by atoms with E-state index in [1.165, 1.54) is 0 Å². The molecule has 3 rings (SSSR count). The number of rotatable bonds is 6. The Balaban J connectivity index is 1.73. The molecule has 25 heavy (non-hydrogen) atoms. The SMILES string of the molecule is CN1CCc2[nH]nc(C(=O)N(C/C=C/c3ccccc3)CCO)c2C1. The van der Waals surface area contributed by atoms with E-state index in [-0.39, 0.29) is 19.1 Å². The van der Waals surface area contributed by atoms with Gasteiger partial charge in [0.1, 0.15) is 0 Å². The molecule has 2 heterocycles. The van der Waals surface area contributed by atoms with Gasteiger partial charge in [0.05, 0.1) is 6.61 Å². The number of aliphatic hydroxyl groups is 1. The van der Waals surface area contributed by atoms with Crippen molar-refractivity contribution >= 4 is 12.0 Å². The average Bonchev–Trinajstić information content (AvgIpc) is 3.04. The van der Waals surface area contributed by atoms with Crippen molar-refractivity contribution in [1.29, 1.82) is 0 Å². The van der Waals surface area contributed by atoms with Crippen LogP contribution < -0.4 is 0 Å². The van der Waals surface area contributed by atoms with Crippen molar-refractivity contribution in [2.45, 2.75) is 13.0 Å². The van der Waals surface area contributed by atoms with Crippen LogP contribution >= 0.6 is 0 Å². The zero-order valence-electron chi connectivity index (χ0n) is 14.5. The Kier molecular flexibility index (Phi) is 5.63. The summed E-state index contributed by atoms with van der Waals surface area (Å²) in [6.45, 7) is 2.33. The fraction of sp³-hybridized carbons (Fsp3) is 0.368. The van der Waals surface area contributed by atoms with Crippen LogP contribution in [0.2, 0.25) is 0 Å². The Morgan fingerprint density at radius 2 is 2.20 bits per heavy atom. The number of carbonyl (C=O) groups excluding carboxylic acids is 1. The quantitative estimate of drug-likeness (QED) is 0.837. The van der Waals surface area contributed by atoms with Gasteiger partial charge >= 0.3 is 0 Å². The van der Waals surface area contributed by atoms with E-state index < -0.39 is 0 Å². The van der Waals surface area contributed by atoms with Crippen LogP contribution in [0.3, 0.4) is 0 Å². The zero-order valence-corrected chi connectivity index (χ0v) is 14.5. The predicted octanol–water partition coefficient (Wildman–Crippen LogP) is 1.55. The summed E-state index contributed by atoms with van der Waals surface area (Å²) in [5.41, 5.74) is 3.58. The summed E-state index contributed by atoms with van der Waals surface area (Å²) in [5.74, 6) is -0.139. The average molecular weight is 340 g/mol. The highest BCUT2D eigenvalue weighted by Crippen LogP contribution is 2.20. The number of benzene rings is 1. The lowest BCUT2D eigenvalue weighted by molar-refractivity contribution is 0.0735. The molecular formula is C19H24N4O2. The minimum Gasteiger partial charge on any atom is -0.395 e. The molecule has 2 N–H and O–H groups in total. The van der Waals surface area contributed by atoms with E-state index in [9.17, 15) is 9.90 Å². The first kappa shape index (κ1) is 17.4. The number of fused-ring (bicyclic) bond motifs is 1. The topological polar surface area (TPSA) is 72.5 Å². The first-order valence-electron chi connectivity index (χ1n) is 8.55. The summed E-state index contributed by atoms with van der Waals surface area (Å²) in [4.78, 5) is 16.7. The molecule has 1 aliphatic heterocycles. The molecule has 0 radical (unpaired) electrons. The molecule has 0 bridgehead atoms. The van der Waals surface area contributed by atoms with Crippen molar-refractivity contribution in [2.75, 3.05) is 33.3 Å². The second kappa shape index (κ2) is 8.09. The van der Waals surface area contributed by atoms with Gasteiger partial charge in [0.25, 0.3) is 5.91 Å². The molecular weight excluding hydrogens is 316 g/mol. The normalized spacial score (nSPS) is 14.6. The molecule has 6 nitrogen and oxygen atoms in total. The van der Waals surface area contributed by atoms with Gasteiger partial charge < -0.3 is 14.9 Å². The number of carbonyl (C=O) groups is 1. The fourth-order valence-corrected chi connectivity index (χ4v) is 3.03. The number of aromatic amines is 1. The number of amides is 1. The number of H-pyrrole nitrogens is 1. The van der Waals surface area contributed by atoms with Crippen LogP contribution in [-0.4, -0.2) is 64.3 Å². The molecule has 0 fully saturated rings. The van der Waals surface area contributed by atoms with E-state index in [1.807, 2.05) is 49.5 Å². The Hall–Kier alpha value is -2.44. The molecule has 1 amide bonds. The molecule has 0 spiro atoms. The summed E-state index contributed by atoms with van der Waals surface area (Å²) in [5, 5.41) is 16.6. The lowest BCUT2D eigenvalue weighted by Crippen LogP contribution is -2.35. The van der Waals surface area contributed by atoms with Crippen LogP contribution in [0, 0.1) is 0 Å². The fourth-order valence-electron chi connectivity index (χ4n) is 3.03. The summed E-state index contributed by atoms with van der Waals surface area (Å²) in [6, 6.07) is 9.94. The van der Waals surface area contributed by atoms with Crippen molar-refractivity contribution in [3.63, 3.8) is 0 Å². The van der Waals surface area contributed by atoms with Crippen LogP contribution in [0.4, 0.5) is 0 Å². The number of hydrogen-bond donors (Lipinski definition) is 2. The smallest absolute Gasteiger partial charge is 0.275 e. The Morgan fingerprint density at radius 1 is 1.40 bits per heavy atom. The van der Waals surface area contributed by atoms with Crippen molar-refractivity contribution in [2.24, 2.45) is 0 Å². The summed E-state index contributed by atoms with van der Waals surface area (Å²) >= 11 is 0. The van der Waals surface area contributed by atoms with Crippen molar-refractivity contribution < 1.29 is 9.90 Å². The van der Waals surface area contributed by atoms with E-state index in [4.69, 9.17) is 0 Å². The van der Waals surface area contributed by atoms with Gasteiger partial charge in [-0.3, -0.25) is 9.89 Å². The number of nitrogens with zero attached hydrogens (tertiary/aromatic N) is 3. The van der Waals surface area contributed by atoms with E-state index in [0.29, 0.717) is 12.2 Å². The molecule has 2 aromatic rings. The van der Waals surface area contributed by atoms with Gasteiger partial charge in [0.2, 0.25) is 0 Å². The summed E-state index contributed by atoms with van der Waals surface area (Å²) < 4.78 is 0. The lowest BCUT2D eigenvalue weighted by Gasteiger charge is -2.24. The zero-order chi connectivity index (χ0) is 17.6. The molecule has 0 saturated carbocycles. The third kappa shape index (κ3) is 4.15. The maximum atomic E-state index is 12.9. The van der Waals surface area contributed by atoms with Gasteiger partial charge in [0.15, 0.2) is 5.69 Å². The maximum absolute atomic E-state index is 12.9. The molecule has 0 atom stereocenters. The summed E-state index contributed by atoms with van der Waals surface area (Å²) in [6.07, 6.45) is 4.79. The van der Waals surface area contributed by atoms with Crippen LogP contribution in [0.25, 0.3) is 6.08 Å². The first-order chi connectivity index (χ1) is 12.2. The predicted molar refractivity (Wildman–Crippen MR) is 97.1 cm³/mol. The number of likely N-dealkylation sites (N-methyl/N-ethyl adjacent to an activating group) is 1. The standard InChI is InChI=1S/C19H24N4O2/c1-22-11-9-17-16(14-22)18(21-20-17)19(25)23(12-13-24)10-5-8-15-6-3-2-4-7-15/h2-8,24H,9-14H2,1H3,(H,20,21)/b8-5+. The third-order valence-electron chi connectivity index (χ3n) is 4.42. The van der Waals surface area contributed by atoms with Gasteiger partial charge in [-0.05, 0) is 12.6 Å². The second-order valence-corrected chi connectivity index (χ2v) is 6.30. The van der Waals surface area contributed by atoms with Crippen molar-refractivity contribution in [3.8, 4) is 0 Å². The molecule has 1 aliphatic rings. The Labute approximate surface area is 147 Å². The highest BCUT2D eigenvalue weighted by molar-refractivity contribution is 5.94. The molecule has 0 aliphatic carbocycles. The van der Waals surface area contributed by atoms with E-state index in [2.05, 4.69) is 15.1 Å². The minimum atomic E-state index is -0.139. The number of hydrogen-bond acceptors (Lipinski definition) is 4. The Morgan fingerprint density at radius 3 is 2.96 bits per heavy atom. The minimum absolute atomic E-state index is 0.0720. The van der Waals surface area contributed by atoms with Crippen LogP contribution in [0.5, 0.6) is 0 Å². The monoisotopic (exact) mass is 340 g/mol. The van der Waals surface area contributed by atoms with Crippen molar-refractivity contribution in [1.82, 2.24) is 20.0 Å². The number of nitrogens with one attached hydrogen (secondary N) is 1. The summed E-state index contributed by atoms with van der Waals surface area (Å²) in [7, 11) is 2.04. The first-order valence-corrected chi connectivity index (χ1v) is 8.55. The molecule has 0 saturated heterocycles. The number of aromatic nitrogens is 2. The third-order valence-corrected chi connectivity index (χ3v) is 4.42. The van der Waals surface area contributed by atoms with E-state index in [1.54, 1.807) is 4.90 Å². The maximum Gasteiger partial charge on any atom is 0.275 e. The largest absolute Gasteiger partial charge is 0.395 e. The van der Waals surface area contributed by atoms with Gasteiger partial charge in [-0.2, -0.15) is 5.10 Å². The highest BCUT2D eigenvalue weighted by Gasteiger charge is 2.26. The van der Waals surface area contributed by atoms with Gasteiger partial charge in [-0.25, -0.2) is 0 Å². The van der Waals surface area contributed by atoms with Gasteiger partial charge in [0, 0.05) is 43.9 Å². The van der Waals surface area contributed by atoms with Gasteiger partial charge in [-0.15, -0.1) is 0 Å². The lowest BCUT2D eigenvalue weighted by atomic mass is 10.1. The molecule has 6 heteroatoms. The van der Waals surface area contributed by atoms with Crippen molar-refractivity contribution in [3.05, 3.63) is 58.9 Å².